The molecule has 19 heavy (non-hydrogen) atoms. The second-order valence-corrected chi connectivity index (χ2v) is 5.25. The molecular formula is C12H14N4O2S. The Hall–Kier alpha value is -1.73. The number of hydrogen-bond acceptors (Lipinski definition) is 6. The number of nitrogens with one attached hydrogen (secondary N) is 2. The van der Waals surface area contributed by atoms with Gasteiger partial charge in [-0.3, -0.25) is 4.79 Å². The molecule has 2 aromatic rings. The van der Waals surface area contributed by atoms with Crippen LogP contribution in [0, 0.1) is 0 Å². The van der Waals surface area contributed by atoms with E-state index in [9.17, 15) is 4.79 Å². The predicted octanol–water partition coefficient (Wildman–Crippen LogP) is 1.12. The highest BCUT2D eigenvalue weighted by Crippen LogP contribution is 2.31. The quantitative estimate of drug-likeness (QED) is 0.879. The highest BCUT2D eigenvalue weighted by Gasteiger charge is 2.28. The van der Waals surface area contributed by atoms with Crippen molar-refractivity contribution in [3.05, 3.63) is 33.6 Å². The average molecular weight is 278 g/mol. The van der Waals surface area contributed by atoms with E-state index in [2.05, 4.69) is 32.2 Å². The summed E-state index contributed by atoms with van der Waals surface area (Å²) in [5.41, 5.74) is 1.17. The van der Waals surface area contributed by atoms with Crippen molar-refractivity contribution in [2.75, 3.05) is 13.1 Å². The van der Waals surface area contributed by atoms with Crippen LogP contribution in [-0.2, 0) is 6.42 Å². The molecule has 2 aromatic heterocycles. The highest BCUT2D eigenvalue weighted by atomic mass is 32.1. The first kappa shape index (κ1) is 12.3. The third kappa shape index (κ3) is 2.26. The van der Waals surface area contributed by atoms with Crippen molar-refractivity contribution in [2.24, 2.45) is 0 Å². The van der Waals surface area contributed by atoms with E-state index in [0.29, 0.717) is 12.4 Å². The Bertz CT molecular complexity index is 592. The van der Waals surface area contributed by atoms with Gasteiger partial charge in [0.25, 0.3) is 11.7 Å². The molecule has 1 unspecified atom stereocenters. The standard InChI is InChI=1S/C12H14N4O2S/c1-2-13-11(17)10-15-12(18-16-10)9-7-4-6-19-8(7)3-5-14-9/h4,6,9,14H,2-3,5H2,1H3,(H,13,17). The summed E-state index contributed by atoms with van der Waals surface area (Å²) in [6.07, 6.45) is 1.01. The van der Waals surface area contributed by atoms with Crippen LogP contribution < -0.4 is 10.6 Å². The Morgan fingerprint density at radius 1 is 1.68 bits per heavy atom. The van der Waals surface area contributed by atoms with Crippen LogP contribution in [0.4, 0.5) is 0 Å². The fraction of sp³-hybridized carbons (Fsp3) is 0.417. The topological polar surface area (TPSA) is 80.0 Å². The number of hydrogen-bond donors (Lipinski definition) is 2. The second kappa shape index (κ2) is 5.10. The van der Waals surface area contributed by atoms with Crippen LogP contribution in [0.3, 0.4) is 0 Å². The smallest absolute Gasteiger partial charge is 0.292 e. The number of nitrogens with zero attached hydrogens (tertiary/aromatic N) is 2. The molecule has 100 valence electrons. The number of fused-ring (bicyclic) bond motifs is 1. The van der Waals surface area contributed by atoms with Gasteiger partial charge >= 0.3 is 0 Å². The Morgan fingerprint density at radius 2 is 2.58 bits per heavy atom. The summed E-state index contributed by atoms with van der Waals surface area (Å²) >= 11 is 1.74. The van der Waals surface area contributed by atoms with Crippen molar-refractivity contribution in [3.63, 3.8) is 0 Å². The summed E-state index contributed by atoms with van der Waals surface area (Å²) in [6, 6.07) is 1.96. The normalized spacial score (nSPS) is 18.1. The molecule has 0 aromatic carbocycles. The number of carbonyl (C=O) groups excluding carboxylic acids is 1. The molecule has 6 nitrogen and oxygen atoms in total. The van der Waals surface area contributed by atoms with Gasteiger partial charge in [0.1, 0.15) is 6.04 Å². The summed E-state index contributed by atoms with van der Waals surface area (Å²) in [5.74, 6) is 0.223. The van der Waals surface area contributed by atoms with Crippen LogP contribution in [0.1, 0.15) is 39.9 Å². The van der Waals surface area contributed by atoms with Crippen LogP contribution in [-0.4, -0.2) is 29.1 Å². The summed E-state index contributed by atoms with van der Waals surface area (Å²) < 4.78 is 5.22. The molecule has 0 fully saturated rings. The zero-order valence-electron chi connectivity index (χ0n) is 10.5. The largest absolute Gasteiger partial charge is 0.349 e. The second-order valence-electron chi connectivity index (χ2n) is 4.25. The molecule has 3 rings (SSSR count). The lowest BCUT2D eigenvalue weighted by molar-refractivity contribution is 0.0942. The number of rotatable bonds is 3. The first-order valence-corrected chi connectivity index (χ1v) is 7.09. The molecule has 0 radical (unpaired) electrons. The van der Waals surface area contributed by atoms with Gasteiger partial charge in [-0.1, -0.05) is 5.16 Å². The maximum atomic E-state index is 11.6. The van der Waals surface area contributed by atoms with E-state index < -0.39 is 0 Å². The minimum atomic E-state index is -0.307. The summed E-state index contributed by atoms with van der Waals surface area (Å²) in [4.78, 5) is 17.1. The van der Waals surface area contributed by atoms with Crippen LogP contribution in [0.2, 0.25) is 0 Å². The van der Waals surface area contributed by atoms with E-state index in [1.807, 2.05) is 6.92 Å². The molecular weight excluding hydrogens is 264 g/mol. The van der Waals surface area contributed by atoms with Crippen molar-refractivity contribution in [2.45, 2.75) is 19.4 Å². The summed E-state index contributed by atoms with van der Waals surface area (Å²) in [5, 5.41) is 11.8. The summed E-state index contributed by atoms with van der Waals surface area (Å²) in [6.45, 7) is 3.26. The molecule has 0 saturated carbocycles. The lowest BCUT2D eigenvalue weighted by Crippen LogP contribution is -2.30. The lowest BCUT2D eigenvalue weighted by Gasteiger charge is -2.20. The van der Waals surface area contributed by atoms with Gasteiger partial charge in [-0.05, 0) is 30.4 Å². The predicted molar refractivity (Wildman–Crippen MR) is 70.2 cm³/mol. The van der Waals surface area contributed by atoms with Gasteiger partial charge in [0.15, 0.2) is 0 Å². The minimum Gasteiger partial charge on any atom is -0.349 e. The monoisotopic (exact) mass is 278 g/mol. The van der Waals surface area contributed by atoms with Crippen LogP contribution in [0.15, 0.2) is 16.0 Å². The molecule has 1 atom stereocenters. The zero-order chi connectivity index (χ0) is 13.2. The molecule has 1 aliphatic rings. The van der Waals surface area contributed by atoms with Crippen LogP contribution in [0.25, 0.3) is 0 Å². The van der Waals surface area contributed by atoms with Gasteiger partial charge in [-0.2, -0.15) is 4.98 Å². The zero-order valence-corrected chi connectivity index (χ0v) is 11.3. The number of carbonyl (C=O) groups is 1. The average Bonchev–Trinajstić information content (AvgIpc) is 3.07. The van der Waals surface area contributed by atoms with E-state index in [1.165, 1.54) is 10.4 Å². The Morgan fingerprint density at radius 3 is 3.42 bits per heavy atom. The molecule has 7 heteroatoms. The molecule has 0 bridgehead atoms. The van der Waals surface area contributed by atoms with Crippen molar-refractivity contribution in [3.8, 4) is 0 Å². The van der Waals surface area contributed by atoms with Gasteiger partial charge in [-0.25, -0.2) is 0 Å². The Kier molecular flexibility index (Phi) is 3.31. The van der Waals surface area contributed by atoms with Gasteiger partial charge in [0.2, 0.25) is 5.89 Å². The molecule has 0 spiro atoms. The van der Waals surface area contributed by atoms with E-state index in [4.69, 9.17) is 4.52 Å². The van der Waals surface area contributed by atoms with Crippen LogP contribution in [0.5, 0.6) is 0 Å². The van der Waals surface area contributed by atoms with Gasteiger partial charge in [-0.15, -0.1) is 11.3 Å². The third-order valence-electron chi connectivity index (χ3n) is 3.02. The maximum Gasteiger partial charge on any atom is 0.292 e. The minimum absolute atomic E-state index is 0.0843. The van der Waals surface area contributed by atoms with E-state index >= 15 is 0 Å². The Balaban J connectivity index is 1.87. The lowest BCUT2D eigenvalue weighted by atomic mass is 10.0. The fourth-order valence-electron chi connectivity index (χ4n) is 2.16. The van der Waals surface area contributed by atoms with Gasteiger partial charge < -0.3 is 15.2 Å². The third-order valence-corrected chi connectivity index (χ3v) is 4.02. The number of aromatic nitrogens is 2. The molecule has 0 saturated heterocycles. The molecule has 2 N–H and O–H groups in total. The highest BCUT2D eigenvalue weighted by molar-refractivity contribution is 7.10. The van der Waals surface area contributed by atoms with Crippen LogP contribution >= 0.6 is 11.3 Å². The van der Waals surface area contributed by atoms with Crippen molar-refractivity contribution in [1.82, 2.24) is 20.8 Å². The van der Waals surface area contributed by atoms with E-state index in [0.717, 1.165) is 13.0 Å². The van der Waals surface area contributed by atoms with Crippen molar-refractivity contribution < 1.29 is 9.32 Å². The van der Waals surface area contributed by atoms with Crippen molar-refractivity contribution in [1.29, 1.82) is 0 Å². The first-order chi connectivity index (χ1) is 9.29. The maximum absolute atomic E-state index is 11.6. The SMILES string of the molecule is CCNC(=O)c1noc(C2NCCc3sccc32)n1. The molecule has 1 aliphatic heterocycles. The van der Waals surface area contributed by atoms with Gasteiger partial charge in [0, 0.05) is 18.0 Å². The van der Waals surface area contributed by atoms with E-state index in [-0.39, 0.29) is 17.8 Å². The van der Waals surface area contributed by atoms with Crippen molar-refractivity contribution >= 4 is 17.2 Å². The van der Waals surface area contributed by atoms with Gasteiger partial charge in [0.05, 0.1) is 0 Å². The Labute approximate surface area is 114 Å². The molecule has 1 amide bonds. The molecule has 3 heterocycles. The number of thiophene rings is 1. The summed E-state index contributed by atoms with van der Waals surface area (Å²) in [7, 11) is 0. The van der Waals surface area contributed by atoms with E-state index in [1.54, 1.807) is 11.3 Å². The molecule has 0 aliphatic carbocycles. The fourth-order valence-corrected chi connectivity index (χ4v) is 3.08. The first-order valence-electron chi connectivity index (χ1n) is 6.21. The number of amides is 1.